The van der Waals surface area contributed by atoms with Gasteiger partial charge in [0.05, 0.1) is 0 Å². The van der Waals surface area contributed by atoms with Crippen molar-refractivity contribution in [3.8, 4) is 0 Å². The van der Waals surface area contributed by atoms with Crippen LogP contribution < -0.4 is 5.32 Å². The molecule has 0 saturated carbocycles. The van der Waals surface area contributed by atoms with E-state index in [0.717, 1.165) is 19.5 Å². The van der Waals surface area contributed by atoms with Crippen LogP contribution in [0.4, 0.5) is 0 Å². The zero-order valence-corrected chi connectivity index (χ0v) is 12.5. The van der Waals surface area contributed by atoms with Gasteiger partial charge in [-0.15, -0.1) is 0 Å². The zero-order valence-electron chi connectivity index (χ0n) is 12.5. The third-order valence-electron chi connectivity index (χ3n) is 2.97. The van der Waals surface area contributed by atoms with Gasteiger partial charge in [-0.25, -0.2) is 0 Å². The molecular formula is C17H27N. The van der Waals surface area contributed by atoms with Crippen LogP contribution in [0.5, 0.6) is 0 Å². The Morgan fingerprint density at radius 2 is 1.78 bits per heavy atom. The lowest BCUT2D eigenvalue weighted by Gasteiger charge is -2.10. The summed E-state index contributed by atoms with van der Waals surface area (Å²) in [7, 11) is 0. The molecule has 1 heteroatoms. The fourth-order valence-corrected chi connectivity index (χ4v) is 2.13. The Labute approximate surface area is 112 Å². The molecule has 1 rings (SSSR count). The fraction of sp³-hybridized carbons (Fsp3) is 0.529. The van der Waals surface area contributed by atoms with Gasteiger partial charge in [-0.3, -0.25) is 0 Å². The van der Waals surface area contributed by atoms with Crippen LogP contribution in [0.3, 0.4) is 0 Å². The number of rotatable bonds is 6. The maximum absolute atomic E-state index is 3.52. The van der Waals surface area contributed by atoms with E-state index in [9.17, 15) is 0 Å². The van der Waals surface area contributed by atoms with Crippen molar-refractivity contribution >= 4 is 6.08 Å². The summed E-state index contributed by atoms with van der Waals surface area (Å²) in [5.41, 5.74) is 5.48. The Hall–Kier alpha value is -1.08. The fourth-order valence-electron chi connectivity index (χ4n) is 2.13. The molecule has 1 aromatic rings. The van der Waals surface area contributed by atoms with Crippen molar-refractivity contribution in [2.45, 2.75) is 41.0 Å². The summed E-state index contributed by atoms with van der Waals surface area (Å²) in [5, 5.41) is 3.52. The summed E-state index contributed by atoms with van der Waals surface area (Å²) in [6.07, 6.45) is 3.44. The van der Waals surface area contributed by atoms with Crippen LogP contribution in [0.25, 0.3) is 6.08 Å². The molecule has 0 amide bonds. The summed E-state index contributed by atoms with van der Waals surface area (Å²) in [5.74, 6) is 0.712. The maximum Gasteiger partial charge on any atom is 0.0167 e. The Bertz CT molecular complexity index is 382. The van der Waals surface area contributed by atoms with Crippen LogP contribution in [0, 0.1) is 19.8 Å². The molecule has 0 spiro atoms. The third-order valence-corrected chi connectivity index (χ3v) is 2.97. The SMILES string of the molecule is CCC(=Cc1cc(C)cc(C)c1)CNCC(C)C. The molecular weight excluding hydrogens is 218 g/mol. The van der Waals surface area contributed by atoms with Gasteiger partial charge in [0.1, 0.15) is 0 Å². The Balaban J connectivity index is 2.70. The highest BCUT2D eigenvalue weighted by molar-refractivity contribution is 5.55. The van der Waals surface area contributed by atoms with Crippen molar-refractivity contribution in [1.82, 2.24) is 5.32 Å². The number of nitrogens with one attached hydrogen (secondary N) is 1. The number of hydrogen-bond donors (Lipinski definition) is 1. The first-order valence-electron chi connectivity index (χ1n) is 6.99. The Kier molecular flexibility index (Phi) is 6.14. The van der Waals surface area contributed by atoms with Crippen molar-refractivity contribution in [3.05, 3.63) is 40.5 Å². The zero-order chi connectivity index (χ0) is 13.5. The molecule has 1 nitrogen and oxygen atoms in total. The molecule has 0 aliphatic rings. The molecule has 1 N–H and O–H groups in total. The second-order valence-corrected chi connectivity index (χ2v) is 5.60. The standard InChI is InChI=1S/C17H27N/c1-6-16(12-18-11-13(2)3)10-17-8-14(4)7-15(5)9-17/h7-10,13,18H,6,11-12H2,1-5H3. The molecule has 0 aromatic heterocycles. The first-order chi connectivity index (χ1) is 8.51. The third kappa shape index (κ3) is 5.50. The second-order valence-electron chi connectivity index (χ2n) is 5.60. The minimum atomic E-state index is 0.712. The largest absolute Gasteiger partial charge is 0.313 e. The summed E-state index contributed by atoms with van der Waals surface area (Å²) >= 11 is 0. The minimum Gasteiger partial charge on any atom is -0.313 e. The highest BCUT2D eigenvalue weighted by Crippen LogP contribution is 2.14. The van der Waals surface area contributed by atoms with Gasteiger partial charge >= 0.3 is 0 Å². The molecule has 100 valence electrons. The van der Waals surface area contributed by atoms with E-state index in [4.69, 9.17) is 0 Å². The van der Waals surface area contributed by atoms with E-state index in [2.05, 4.69) is 64.2 Å². The highest BCUT2D eigenvalue weighted by Gasteiger charge is 1.99. The van der Waals surface area contributed by atoms with Crippen LogP contribution in [-0.2, 0) is 0 Å². The lowest BCUT2D eigenvalue weighted by molar-refractivity contribution is 0.569. The van der Waals surface area contributed by atoms with Crippen LogP contribution in [0.15, 0.2) is 23.8 Å². The van der Waals surface area contributed by atoms with E-state index in [-0.39, 0.29) is 0 Å². The van der Waals surface area contributed by atoms with E-state index >= 15 is 0 Å². The summed E-state index contributed by atoms with van der Waals surface area (Å²) in [6.45, 7) is 13.1. The Morgan fingerprint density at radius 3 is 2.28 bits per heavy atom. The molecule has 0 unspecified atom stereocenters. The molecule has 0 saturated heterocycles. The predicted molar refractivity (Wildman–Crippen MR) is 81.9 cm³/mol. The molecule has 0 radical (unpaired) electrons. The van der Waals surface area contributed by atoms with E-state index in [1.807, 2.05) is 0 Å². The second kappa shape index (κ2) is 7.38. The highest BCUT2D eigenvalue weighted by atomic mass is 14.9. The molecule has 0 fully saturated rings. The van der Waals surface area contributed by atoms with Crippen LogP contribution in [-0.4, -0.2) is 13.1 Å². The number of benzene rings is 1. The summed E-state index contributed by atoms with van der Waals surface area (Å²) < 4.78 is 0. The topological polar surface area (TPSA) is 12.0 Å². The molecule has 0 aliphatic carbocycles. The lowest BCUT2D eigenvalue weighted by atomic mass is 10.0. The van der Waals surface area contributed by atoms with E-state index < -0.39 is 0 Å². The minimum absolute atomic E-state index is 0.712. The molecule has 0 atom stereocenters. The smallest absolute Gasteiger partial charge is 0.0167 e. The molecule has 0 aliphatic heterocycles. The van der Waals surface area contributed by atoms with Gasteiger partial charge in [0.15, 0.2) is 0 Å². The van der Waals surface area contributed by atoms with Gasteiger partial charge in [0.25, 0.3) is 0 Å². The predicted octanol–water partition coefficient (Wildman–Crippen LogP) is 4.34. The summed E-state index contributed by atoms with van der Waals surface area (Å²) in [6, 6.07) is 6.73. The summed E-state index contributed by atoms with van der Waals surface area (Å²) in [4.78, 5) is 0. The van der Waals surface area contributed by atoms with Crippen LogP contribution >= 0.6 is 0 Å². The van der Waals surface area contributed by atoms with Gasteiger partial charge in [-0.1, -0.05) is 61.7 Å². The van der Waals surface area contributed by atoms with Gasteiger partial charge < -0.3 is 5.32 Å². The van der Waals surface area contributed by atoms with Gasteiger partial charge in [-0.2, -0.15) is 0 Å². The number of aryl methyl sites for hydroxylation is 2. The van der Waals surface area contributed by atoms with Crippen LogP contribution in [0.2, 0.25) is 0 Å². The Morgan fingerprint density at radius 1 is 1.17 bits per heavy atom. The normalized spacial score (nSPS) is 12.2. The molecule has 0 bridgehead atoms. The van der Waals surface area contributed by atoms with Crippen molar-refractivity contribution in [3.63, 3.8) is 0 Å². The van der Waals surface area contributed by atoms with E-state index in [1.54, 1.807) is 0 Å². The quantitative estimate of drug-likeness (QED) is 0.786. The number of hydrogen-bond acceptors (Lipinski definition) is 1. The van der Waals surface area contributed by atoms with Gasteiger partial charge in [0, 0.05) is 6.54 Å². The van der Waals surface area contributed by atoms with E-state index in [1.165, 1.54) is 22.3 Å². The van der Waals surface area contributed by atoms with Crippen molar-refractivity contribution in [2.24, 2.45) is 5.92 Å². The molecule has 0 heterocycles. The van der Waals surface area contributed by atoms with Crippen LogP contribution in [0.1, 0.15) is 43.9 Å². The average Bonchev–Trinajstić information content (AvgIpc) is 2.25. The lowest BCUT2D eigenvalue weighted by Crippen LogP contribution is -2.21. The molecule has 1 aromatic carbocycles. The maximum atomic E-state index is 3.52. The first-order valence-corrected chi connectivity index (χ1v) is 6.99. The monoisotopic (exact) mass is 245 g/mol. The molecule has 18 heavy (non-hydrogen) atoms. The van der Waals surface area contributed by atoms with Crippen molar-refractivity contribution < 1.29 is 0 Å². The first kappa shape index (κ1) is 15.0. The van der Waals surface area contributed by atoms with Crippen molar-refractivity contribution in [1.29, 1.82) is 0 Å². The average molecular weight is 245 g/mol. The van der Waals surface area contributed by atoms with Gasteiger partial charge in [-0.05, 0) is 38.3 Å². The van der Waals surface area contributed by atoms with Crippen molar-refractivity contribution in [2.75, 3.05) is 13.1 Å². The van der Waals surface area contributed by atoms with E-state index in [0.29, 0.717) is 5.92 Å². The van der Waals surface area contributed by atoms with Gasteiger partial charge in [0.2, 0.25) is 0 Å².